The molecule has 0 saturated carbocycles. The van der Waals surface area contributed by atoms with Crippen LogP contribution in [0.4, 0.5) is 15.9 Å². The fourth-order valence-electron chi connectivity index (χ4n) is 2.69. The van der Waals surface area contributed by atoms with E-state index in [0.29, 0.717) is 39.8 Å². The maximum atomic E-state index is 14.1. The third-order valence-electron chi connectivity index (χ3n) is 4.08. The summed E-state index contributed by atoms with van der Waals surface area (Å²) in [6.45, 7) is 0.428. The molecule has 2 heterocycles. The van der Waals surface area contributed by atoms with Crippen molar-refractivity contribution in [1.29, 1.82) is 0 Å². The van der Waals surface area contributed by atoms with E-state index in [9.17, 15) is 4.39 Å². The minimum atomic E-state index is -0.470. The fourth-order valence-corrected chi connectivity index (χ4v) is 3.50. The van der Waals surface area contributed by atoms with Crippen LogP contribution in [0.3, 0.4) is 0 Å². The predicted octanol–water partition coefficient (Wildman–Crippen LogP) is 6.24. The van der Waals surface area contributed by atoms with Gasteiger partial charge in [-0.25, -0.2) is 14.4 Å². The molecule has 0 aliphatic carbocycles. The summed E-state index contributed by atoms with van der Waals surface area (Å²) < 4.78 is 25.5. The Bertz CT molecular complexity index is 1130. The summed E-state index contributed by atoms with van der Waals surface area (Å²) in [5.74, 6) is 1.09. The lowest BCUT2D eigenvalue weighted by molar-refractivity contribution is 0.285. The van der Waals surface area contributed by atoms with Gasteiger partial charge >= 0.3 is 0 Å². The summed E-state index contributed by atoms with van der Waals surface area (Å²) >= 11 is 7.43. The molecular weight excluding hydrogens is 436 g/mol. The van der Waals surface area contributed by atoms with Crippen molar-refractivity contribution in [3.8, 4) is 11.5 Å². The lowest BCUT2D eigenvalue weighted by Gasteiger charge is -2.14. The van der Waals surface area contributed by atoms with Crippen molar-refractivity contribution >= 4 is 57.8 Å². The van der Waals surface area contributed by atoms with E-state index < -0.39 is 5.82 Å². The van der Waals surface area contributed by atoms with Crippen LogP contribution in [-0.4, -0.2) is 17.1 Å². The quantitative estimate of drug-likeness (QED) is 0.376. The van der Waals surface area contributed by atoms with Gasteiger partial charge in [0, 0.05) is 16.5 Å². The van der Waals surface area contributed by atoms with Crippen molar-refractivity contribution in [2.24, 2.45) is 0 Å². The molecule has 0 aliphatic rings. The van der Waals surface area contributed by atoms with Crippen molar-refractivity contribution in [2.45, 2.75) is 6.61 Å². The van der Waals surface area contributed by atoms with Gasteiger partial charge in [-0.1, -0.05) is 11.6 Å². The summed E-state index contributed by atoms with van der Waals surface area (Å²) in [6.07, 6.45) is 1.41. The number of hydrogen-bond donors (Lipinski definition) is 1. The predicted molar refractivity (Wildman–Crippen MR) is 117 cm³/mol. The number of rotatable bonds is 6. The van der Waals surface area contributed by atoms with Crippen LogP contribution in [0.5, 0.6) is 11.5 Å². The summed E-state index contributed by atoms with van der Waals surface area (Å²) in [5, 5.41) is 8.01. The Hall–Kier alpha value is -2.61. The molecule has 0 radical (unpaired) electrons. The van der Waals surface area contributed by atoms with Crippen molar-refractivity contribution in [3.63, 3.8) is 0 Å². The number of aromatic nitrogens is 2. The Morgan fingerprint density at radius 1 is 1.14 bits per heavy atom. The van der Waals surface area contributed by atoms with Gasteiger partial charge in [0.15, 0.2) is 11.5 Å². The number of halogens is 3. The molecule has 0 bridgehead atoms. The molecule has 0 unspecified atom stereocenters. The average molecular weight is 452 g/mol. The molecule has 9 heteroatoms. The molecule has 0 atom stereocenters. The SMILES string of the molecule is COc1cc2c(Nc3ccc(Cl)cc3F)ncnc2cc1OCc1ccsc1.Cl. The molecule has 2 aromatic carbocycles. The highest BCUT2D eigenvalue weighted by Gasteiger charge is 2.13. The van der Waals surface area contributed by atoms with Crippen LogP contribution in [0.1, 0.15) is 5.56 Å². The van der Waals surface area contributed by atoms with Gasteiger partial charge in [-0.15, -0.1) is 12.4 Å². The number of nitrogens with zero attached hydrogens (tertiary/aromatic N) is 2. The maximum absolute atomic E-state index is 14.1. The topological polar surface area (TPSA) is 56.3 Å². The van der Waals surface area contributed by atoms with Gasteiger partial charge in [0.05, 0.1) is 18.3 Å². The lowest BCUT2D eigenvalue weighted by atomic mass is 10.2. The van der Waals surface area contributed by atoms with Gasteiger partial charge in [0.2, 0.25) is 0 Å². The summed E-state index contributed by atoms with van der Waals surface area (Å²) in [6, 6.07) is 9.96. The lowest BCUT2D eigenvalue weighted by Crippen LogP contribution is -2.00. The first-order valence-corrected chi connectivity index (χ1v) is 9.65. The second-order valence-electron chi connectivity index (χ2n) is 5.91. The van der Waals surface area contributed by atoms with Crippen LogP contribution >= 0.6 is 35.3 Å². The van der Waals surface area contributed by atoms with Gasteiger partial charge in [-0.2, -0.15) is 11.3 Å². The van der Waals surface area contributed by atoms with Gasteiger partial charge in [0.1, 0.15) is 24.6 Å². The highest BCUT2D eigenvalue weighted by molar-refractivity contribution is 7.07. The normalized spacial score (nSPS) is 10.4. The fraction of sp³-hybridized carbons (Fsp3) is 0.100. The maximum Gasteiger partial charge on any atom is 0.163 e. The smallest absolute Gasteiger partial charge is 0.163 e. The molecule has 0 spiro atoms. The first kappa shape index (κ1) is 21.1. The van der Waals surface area contributed by atoms with E-state index in [-0.39, 0.29) is 18.1 Å². The molecular formula is C20H16Cl2FN3O2S. The second kappa shape index (κ2) is 9.26. The Morgan fingerprint density at radius 2 is 2.00 bits per heavy atom. The molecule has 29 heavy (non-hydrogen) atoms. The zero-order valence-electron chi connectivity index (χ0n) is 15.2. The van der Waals surface area contributed by atoms with Crippen molar-refractivity contribution in [1.82, 2.24) is 9.97 Å². The molecule has 150 valence electrons. The van der Waals surface area contributed by atoms with Crippen LogP contribution in [0.2, 0.25) is 5.02 Å². The molecule has 4 aromatic rings. The van der Waals surface area contributed by atoms with E-state index in [4.69, 9.17) is 21.1 Å². The number of ether oxygens (including phenoxy) is 2. The summed E-state index contributed by atoms with van der Waals surface area (Å²) in [4.78, 5) is 8.54. The molecule has 4 rings (SSSR count). The van der Waals surface area contributed by atoms with Crippen LogP contribution < -0.4 is 14.8 Å². The minimum Gasteiger partial charge on any atom is -0.493 e. The zero-order chi connectivity index (χ0) is 19.5. The monoisotopic (exact) mass is 451 g/mol. The minimum absolute atomic E-state index is 0. The number of methoxy groups -OCH3 is 1. The number of fused-ring (bicyclic) bond motifs is 1. The van der Waals surface area contributed by atoms with E-state index in [1.165, 1.54) is 12.4 Å². The number of nitrogens with one attached hydrogen (secondary N) is 1. The van der Waals surface area contributed by atoms with E-state index >= 15 is 0 Å². The number of benzene rings is 2. The van der Waals surface area contributed by atoms with Crippen LogP contribution in [0.15, 0.2) is 53.5 Å². The van der Waals surface area contributed by atoms with Crippen LogP contribution in [-0.2, 0) is 6.61 Å². The number of anilines is 2. The summed E-state index contributed by atoms with van der Waals surface area (Å²) in [7, 11) is 1.56. The molecule has 0 saturated heterocycles. The largest absolute Gasteiger partial charge is 0.493 e. The van der Waals surface area contributed by atoms with Gasteiger partial charge < -0.3 is 14.8 Å². The Kier molecular flexibility index (Phi) is 6.74. The van der Waals surface area contributed by atoms with Crippen molar-refractivity contribution < 1.29 is 13.9 Å². The summed E-state index contributed by atoms with van der Waals surface area (Å²) in [5.41, 5.74) is 1.99. The van der Waals surface area contributed by atoms with E-state index in [2.05, 4.69) is 15.3 Å². The van der Waals surface area contributed by atoms with E-state index in [0.717, 1.165) is 5.56 Å². The van der Waals surface area contributed by atoms with E-state index in [1.807, 2.05) is 16.8 Å². The number of thiophene rings is 1. The third-order valence-corrected chi connectivity index (χ3v) is 5.05. The van der Waals surface area contributed by atoms with Crippen LogP contribution in [0.25, 0.3) is 10.9 Å². The van der Waals surface area contributed by atoms with Gasteiger partial charge in [-0.05, 0) is 46.7 Å². The third kappa shape index (κ3) is 4.70. The van der Waals surface area contributed by atoms with Gasteiger partial charge in [0.25, 0.3) is 0 Å². The first-order chi connectivity index (χ1) is 13.6. The highest BCUT2D eigenvalue weighted by Crippen LogP contribution is 2.35. The molecule has 0 aliphatic heterocycles. The standard InChI is InChI=1S/C20H15ClFN3O2S.ClH/c1-26-18-7-14-17(8-19(18)27-9-12-4-5-28-10-12)23-11-24-20(14)25-16-3-2-13(21)6-15(16)22;/h2-8,10-11H,9H2,1H3,(H,23,24,25);1H. The number of hydrogen-bond acceptors (Lipinski definition) is 6. The zero-order valence-corrected chi connectivity index (χ0v) is 17.6. The van der Waals surface area contributed by atoms with Gasteiger partial charge in [-0.3, -0.25) is 0 Å². The van der Waals surface area contributed by atoms with Crippen molar-refractivity contribution in [2.75, 3.05) is 12.4 Å². The molecule has 5 nitrogen and oxygen atoms in total. The highest BCUT2D eigenvalue weighted by atomic mass is 35.5. The Morgan fingerprint density at radius 3 is 2.72 bits per heavy atom. The molecule has 0 fully saturated rings. The van der Waals surface area contributed by atoms with Crippen LogP contribution in [0, 0.1) is 5.82 Å². The second-order valence-corrected chi connectivity index (χ2v) is 7.13. The molecule has 1 N–H and O–H groups in total. The Labute approximate surface area is 181 Å². The molecule has 0 amide bonds. The average Bonchev–Trinajstić information content (AvgIpc) is 3.21. The molecule has 2 aromatic heterocycles. The van der Waals surface area contributed by atoms with Crippen molar-refractivity contribution in [3.05, 3.63) is 69.9 Å². The van der Waals surface area contributed by atoms with E-state index in [1.54, 1.807) is 42.7 Å². The first-order valence-electron chi connectivity index (χ1n) is 8.33. The Balaban J connectivity index is 0.00000240.